The Morgan fingerprint density at radius 2 is 1.85 bits per heavy atom. The van der Waals surface area contributed by atoms with Crippen molar-refractivity contribution < 1.29 is 0 Å². The molecule has 20 heavy (non-hydrogen) atoms. The fourth-order valence-corrected chi connectivity index (χ4v) is 3.09. The summed E-state index contributed by atoms with van der Waals surface area (Å²) in [5.74, 6) is 0. The van der Waals surface area contributed by atoms with Crippen LogP contribution < -0.4 is 10.6 Å². The molecule has 0 saturated carbocycles. The number of benzene rings is 2. The zero-order chi connectivity index (χ0) is 13.9. The molecule has 2 heteroatoms. The standard InChI is InChI=1S/C18H22N2/c1-2-20(18-9-4-3-8-17(18)19)13-14-10-11-15-6-5-7-16(15)12-14/h3-4,8-12H,2,5-7,13,19H2,1H3. The summed E-state index contributed by atoms with van der Waals surface area (Å²) in [5.41, 5.74) is 12.6. The molecule has 0 fully saturated rings. The molecule has 0 unspecified atom stereocenters. The molecule has 1 aliphatic carbocycles. The van der Waals surface area contributed by atoms with E-state index < -0.39 is 0 Å². The lowest BCUT2D eigenvalue weighted by atomic mass is 10.1. The van der Waals surface area contributed by atoms with Gasteiger partial charge in [0.1, 0.15) is 0 Å². The molecule has 0 aliphatic heterocycles. The topological polar surface area (TPSA) is 29.3 Å². The van der Waals surface area contributed by atoms with Gasteiger partial charge in [-0.15, -0.1) is 0 Å². The Balaban J connectivity index is 1.83. The summed E-state index contributed by atoms with van der Waals surface area (Å²) in [5, 5.41) is 0. The minimum Gasteiger partial charge on any atom is -0.397 e. The van der Waals surface area contributed by atoms with Crippen molar-refractivity contribution in [2.24, 2.45) is 0 Å². The largest absolute Gasteiger partial charge is 0.397 e. The smallest absolute Gasteiger partial charge is 0.0602 e. The maximum absolute atomic E-state index is 6.10. The van der Waals surface area contributed by atoms with Crippen LogP contribution in [-0.2, 0) is 19.4 Å². The van der Waals surface area contributed by atoms with Crippen LogP contribution >= 0.6 is 0 Å². The van der Waals surface area contributed by atoms with Crippen molar-refractivity contribution in [2.45, 2.75) is 32.7 Å². The lowest BCUT2D eigenvalue weighted by molar-refractivity contribution is 0.832. The van der Waals surface area contributed by atoms with Crippen LogP contribution in [0.25, 0.3) is 0 Å². The van der Waals surface area contributed by atoms with Gasteiger partial charge in [-0.2, -0.15) is 0 Å². The van der Waals surface area contributed by atoms with Crippen LogP contribution in [-0.4, -0.2) is 6.54 Å². The highest BCUT2D eigenvalue weighted by atomic mass is 15.1. The molecule has 0 saturated heterocycles. The predicted octanol–water partition coefficient (Wildman–Crippen LogP) is 3.78. The molecule has 2 aromatic carbocycles. The molecule has 0 amide bonds. The van der Waals surface area contributed by atoms with E-state index in [0.717, 1.165) is 24.5 Å². The molecule has 104 valence electrons. The second-order valence-corrected chi connectivity index (χ2v) is 5.53. The highest BCUT2D eigenvalue weighted by Crippen LogP contribution is 2.26. The molecule has 2 nitrogen and oxygen atoms in total. The first-order valence-corrected chi connectivity index (χ1v) is 7.48. The number of para-hydroxylation sites is 2. The van der Waals surface area contributed by atoms with Gasteiger partial charge in [0.05, 0.1) is 11.4 Å². The van der Waals surface area contributed by atoms with E-state index in [9.17, 15) is 0 Å². The number of nitrogens with zero attached hydrogens (tertiary/aromatic N) is 1. The van der Waals surface area contributed by atoms with Crippen LogP contribution in [0.2, 0.25) is 0 Å². The predicted molar refractivity (Wildman–Crippen MR) is 86.0 cm³/mol. The second kappa shape index (κ2) is 5.58. The van der Waals surface area contributed by atoms with E-state index in [0.29, 0.717) is 0 Å². The normalized spacial score (nSPS) is 13.2. The summed E-state index contributed by atoms with van der Waals surface area (Å²) in [4.78, 5) is 2.34. The van der Waals surface area contributed by atoms with E-state index in [1.807, 2.05) is 12.1 Å². The number of aryl methyl sites for hydroxylation is 2. The molecule has 0 aromatic heterocycles. The lowest BCUT2D eigenvalue weighted by Crippen LogP contribution is -2.23. The maximum Gasteiger partial charge on any atom is 0.0602 e. The number of hydrogen-bond donors (Lipinski definition) is 1. The van der Waals surface area contributed by atoms with Gasteiger partial charge in [-0.1, -0.05) is 30.3 Å². The fourth-order valence-electron chi connectivity index (χ4n) is 3.09. The first kappa shape index (κ1) is 13.0. The van der Waals surface area contributed by atoms with Gasteiger partial charge in [-0.25, -0.2) is 0 Å². The van der Waals surface area contributed by atoms with E-state index in [1.54, 1.807) is 5.56 Å². The molecule has 2 N–H and O–H groups in total. The van der Waals surface area contributed by atoms with Crippen LogP contribution in [0.1, 0.15) is 30.0 Å². The Kier molecular flexibility index (Phi) is 3.64. The number of rotatable bonds is 4. The number of nitrogens with two attached hydrogens (primary N) is 1. The molecule has 0 radical (unpaired) electrons. The van der Waals surface area contributed by atoms with Crippen molar-refractivity contribution in [3.63, 3.8) is 0 Å². The van der Waals surface area contributed by atoms with E-state index in [1.165, 1.54) is 30.4 Å². The summed E-state index contributed by atoms with van der Waals surface area (Å²) in [6, 6.07) is 15.1. The van der Waals surface area contributed by atoms with Crippen molar-refractivity contribution in [3.05, 3.63) is 59.2 Å². The average molecular weight is 266 g/mol. The third-order valence-corrected chi connectivity index (χ3v) is 4.20. The van der Waals surface area contributed by atoms with Crippen LogP contribution in [0.5, 0.6) is 0 Å². The lowest BCUT2D eigenvalue weighted by Gasteiger charge is -2.25. The zero-order valence-corrected chi connectivity index (χ0v) is 12.1. The second-order valence-electron chi connectivity index (χ2n) is 5.53. The zero-order valence-electron chi connectivity index (χ0n) is 12.1. The molecular weight excluding hydrogens is 244 g/mol. The van der Waals surface area contributed by atoms with Crippen molar-refractivity contribution in [3.8, 4) is 0 Å². The van der Waals surface area contributed by atoms with Gasteiger partial charge in [0.15, 0.2) is 0 Å². The number of nitrogen functional groups attached to an aromatic ring is 1. The highest BCUT2D eigenvalue weighted by Gasteiger charge is 2.13. The van der Waals surface area contributed by atoms with Crippen molar-refractivity contribution >= 4 is 11.4 Å². The first-order chi connectivity index (χ1) is 9.78. The number of hydrogen-bond acceptors (Lipinski definition) is 2. The van der Waals surface area contributed by atoms with E-state index >= 15 is 0 Å². The molecule has 0 atom stereocenters. The summed E-state index contributed by atoms with van der Waals surface area (Å²) < 4.78 is 0. The van der Waals surface area contributed by atoms with Crippen LogP contribution in [0.15, 0.2) is 42.5 Å². The van der Waals surface area contributed by atoms with E-state index in [2.05, 4.69) is 42.2 Å². The monoisotopic (exact) mass is 266 g/mol. The van der Waals surface area contributed by atoms with Gasteiger partial charge in [0.25, 0.3) is 0 Å². The SMILES string of the molecule is CCN(Cc1ccc2c(c1)CCC2)c1ccccc1N. The van der Waals surface area contributed by atoms with Crippen molar-refractivity contribution in [2.75, 3.05) is 17.2 Å². The Bertz CT molecular complexity index is 604. The van der Waals surface area contributed by atoms with Gasteiger partial charge in [0, 0.05) is 13.1 Å². The Hall–Kier alpha value is -1.96. The average Bonchev–Trinajstić information content (AvgIpc) is 2.93. The number of anilines is 2. The fraction of sp³-hybridized carbons (Fsp3) is 0.333. The van der Waals surface area contributed by atoms with Crippen molar-refractivity contribution in [1.82, 2.24) is 0 Å². The Morgan fingerprint density at radius 3 is 2.65 bits per heavy atom. The van der Waals surface area contributed by atoms with Crippen LogP contribution in [0, 0.1) is 0 Å². The summed E-state index contributed by atoms with van der Waals surface area (Å²) in [6.45, 7) is 4.07. The van der Waals surface area contributed by atoms with Crippen molar-refractivity contribution in [1.29, 1.82) is 0 Å². The van der Waals surface area contributed by atoms with Gasteiger partial charge in [0.2, 0.25) is 0 Å². The minimum absolute atomic E-state index is 0.857. The van der Waals surface area contributed by atoms with E-state index in [4.69, 9.17) is 5.73 Å². The highest BCUT2D eigenvalue weighted by molar-refractivity contribution is 5.67. The molecule has 0 heterocycles. The first-order valence-electron chi connectivity index (χ1n) is 7.48. The number of fused-ring (bicyclic) bond motifs is 1. The molecule has 1 aliphatic rings. The van der Waals surface area contributed by atoms with Crippen LogP contribution in [0.4, 0.5) is 11.4 Å². The van der Waals surface area contributed by atoms with Gasteiger partial charge < -0.3 is 10.6 Å². The quantitative estimate of drug-likeness (QED) is 0.853. The van der Waals surface area contributed by atoms with E-state index in [-0.39, 0.29) is 0 Å². The molecular formula is C18H22N2. The summed E-state index contributed by atoms with van der Waals surface area (Å²) in [7, 11) is 0. The molecule has 0 spiro atoms. The van der Waals surface area contributed by atoms with Gasteiger partial charge >= 0.3 is 0 Å². The summed E-state index contributed by atoms with van der Waals surface area (Å²) >= 11 is 0. The maximum atomic E-state index is 6.10. The molecule has 3 rings (SSSR count). The molecule has 0 bridgehead atoms. The Labute approximate surface area is 121 Å². The summed E-state index contributed by atoms with van der Waals surface area (Å²) in [6.07, 6.45) is 3.80. The third kappa shape index (κ3) is 2.51. The van der Waals surface area contributed by atoms with Crippen LogP contribution in [0.3, 0.4) is 0 Å². The van der Waals surface area contributed by atoms with Gasteiger partial charge in [-0.3, -0.25) is 0 Å². The molecule has 2 aromatic rings. The minimum atomic E-state index is 0.857. The Morgan fingerprint density at radius 1 is 1.05 bits per heavy atom. The van der Waals surface area contributed by atoms with Gasteiger partial charge in [-0.05, 0) is 55.0 Å². The third-order valence-electron chi connectivity index (χ3n) is 4.20.